The Morgan fingerprint density at radius 3 is 2.56 bits per heavy atom. The molecule has 3 rings (SSSR count). The van der Waals surface area contributed by atoms with Crippen LogP contribution in [0.1, 0.15) is 23.9 Å². The van der Waals surface area contributed by atoms with Gasteiger partial charge in [-0.1, -0.05) is 47.6 Å². The van der Waals surface area contributed by atoms with Gasteiger partial charge in [-0.2, -0.15) is 0 Å². The lowest BCUT2D eigenvalue weighted by molar-refractivity contribution is 0.414. The van der Waals surface area contributed by atoms with Gasteiger partial charge < -0.3 is 9.30 Å². The van der Waals surface area contributed by atoms with Crippen molar-refractivity contribution < 1.29 is 4.74 Å². The van der Waals surface area contributed by atoms with E-state index in [1.54, 1.807) is 18.9 Å². The van der Waals surface area contributed by atoms with Crippen LogP contribution in [0.5, 0.6) is 5.75 Å². The number of thioether (sulfide) groups is 1. The van der Waals surface area contributed by atoms with Gasteiger partial charge in [0.25, 0.3) is 0 Å². The normalized spacial score (nSPS) is 10.8. The maximum atomic E-state index is 6.05. The summed E-state index contributed by atoms with van der Waals surface area (Å²) in [4.78, 5) is 0. The topological polar surface area (TPSA) is 39.9 Å². The number of hydrogen-bond acceptors (Lipinski definition) is 4. The fraction of sp³-hybridized carbons (Fsp3) is 0.263. The molecule has 0 N–H and O–H groups in total. The Balaban J connectivity index is 1.71. The van der Waals surface area contributed by atoms with E-state index in [9.17, 15) is 0 Å². The molecule has 3 aromatic rings. The lowest BCUT2D eigenvalue weighted by Gasteiger charge is -2.08. The quantitative estimate of drug-likeness (QED) is 0.555. The molecule has 25 heavy (non-hydrogen) atoms. The standard InChI is InChI=1S/C19H20ClN3OS/c1-3-23-18(12-14-7-9-17(24-2)10-8-14)21-22-19(23)25-13-15-5-4-6-16(20)11-15/h4-11H,3,12-13H2,1-2H3. The fourth-order valence-electron chi connectivity index (χ4n) is 2.57. The summed E-state index contributed by atoms with van der Waals surface area (Å²) in [5.41, 5.74) is 2.37. The lowest BCUT2D eigenvalue weighted by Crippen LogP contribution is -2.04. The van der Waals surface area contributed by atoms with Gasteiger partial charge in [-0.3, -0.25) is 0 Å². The maximum Gasteiger partial charge on any atom is 0.191 e. The molecule has 0 radical (unpaired) electrons. The predicted molar refractivity (Wildman–Crippen MR) is 103 cm³/mol. The number of benzene rings is 2. The van der Waals surface area contributed by atoms with E-state index in [4.69, 9.17) is 16.3 Å². The zero-order valence-electron chi connectivity index (χ0n) is 14.3. The number of nitrogens with zero attached hydrogens (tertiary/aromatic N) is 3. The number of ether oxygens (including phenoxy) is 1. The van der Waals surface area contributed by atoms with Crippen molar-refractivity contribution >= 4 is 23.4 Å². The fourth-order valence-corrected chi connectivity index (χ4v) is 3.75. The molecule has 1 aromatic heterocycles. The summed E-state index contributed by atoms with van der Waals surface area (Å²) >= 11 is 7.73. The Morgan fingerprint density at radius 1 is 1.08 bits per heavy atom. The highest BCUT2D eigenvalue weighted by atomic mass is 35.5. The first kappa shape index (κ1) is 17.8. The number of halogens is 1. The van der Waals surface area contributed by atoms with E-state index in [1.165, 1.54) is 11.1 Å². The first-order valence-corrected chi connectivity index (χ1v) is 9.48. The van der Waals surface area contributed by atoms with Gasteiger partial charge >= 0.3 is 0 Å². The van der Waals surface area contributed by atoms with Gasteiger partial charge in [0, 0.05) is 23.7 Å². The third-order valence-electron chi connectivity index (χ3n) is 3.89. The molecule has 0 fully saturated rings. The molecule has 0 bridgehead atoms. The van der Waals surface area contributed by atoms with Crippen LogP contribution in [0.4, 0.5) is 0 Å². The Morgan fingerprint density at radius 2 is 1.88 bits per heavy atom. The van der Waals surface area contributed by atoms with E-state index in [-0.39, 0.29) is 0 Å². The van der Waals surface area contributed by atoms with Gasteiger partial charge in [-0.05, 0) is 42.3 Å². The molecule has 0 spiro atoms. The Labute approximate surface area is 157 Å². The highest BCUT2D eigenvalue weighted by Gasteiger charge is 2.12. The van der Waals surface area contributed by atoms with Crippen LogP contribution >= 0.6 is 23.4 Å². The number of rotatable bonds is 7. The van der Waals surface area contributed by atoms with E-state index in [0.717, 1.165) is 40.5 Å². The van der Waals surface area contributed by atoms with Gasteiger partial charge in [0.15, 0.2) is 5.16 Å². The van der Waals surface area contributed by atoms with Crippen molar-refractivity contribution in [2.24, 2.45) is 0 Å². The van der Waals surface area contributed by atoms with Crippen molar-refractivity contribution in [1.82, 2.24) is 14.8 Å². The zero-order chi connectivity index (χ0) is 17.6. The smallest absolute Gasteiger partial charge is 0.191 e. The highest BCUT2D eigenvalue weighted by molar-refractivity contribution is 7.98. The summed E-state index contributed by atoms with van der Waals surface area (Å²) in [7, 11) is 1.67. The Hall–Kier alpha value is -1.98. The van der Waals surface area contributed by atoms with Gasteiger partial charge in [-0.25, -0.2) is 0 Å². The van der Waals surface area contributed by atoms with Crippen molar-refractivity contribution in [3.05, 3.63) is 70.5 Å². The molecule has 0 saturated heterocycles. The van der Waals surface area contributed by atoms with E-state index < -0.39 is 0 Å². The summed E-state index contributed by atoms with van der Waals surface area (Å²) in [6.07, 6.45) is 0.753. The second kappa shape index (κ2) is 8.41. The van der Waals surface area contributed by atoms with Crippen LogP contribution in [0.15, 0.2) is 53.7 Å². The Kier molecular flexibility index (Phi) is 6.00. The van der Waals surface area contributed by atoms with Gasteiger partial charge in [0.1, 0.15) is 11.6 Å². The van der Waals surface area contributed by atoms with Crippen molar-refractivity contribution in [2.45, 2.75) is 30.8 Å². The average molecular weight is 374 g/mol. The molecular formula is C19H20ClN3OS. The van der Waals surface area contributed by atoms with Gasteiger partial charge in [0.2, 0.25) is 0 Å². The van der Waals surface area contributed by atoms with Gasteiger partial charge in [0.05, 0.1) is 7.11 Å². The van der Waals surface area contributed by atoms with E-state index in [2.05, 4.69) is 39.9 Å². The number of hydrogen-bond donors (Lipinski definition) is 0. The molecular weight excluding hydrogens is 354 g/mol. The van der Waals surface area contributed by atoms with Crippen LogP contribution in [0.25, 0.3) is 0 Å². The molecule has 6 heteroatoms. The zero-order valence-corrected chi connectivity index (χ0v) is 15.8. The predicted octanol–water partition coefficient (Wildman–Crippen LogP) is 4.84. The van der Waals surface area contributed by atoms with Crippen LogP contribution in [0.2, 0.25) is 5.02 Å². The molecule has 4 nitrogen and oxygen atoms in total. The monoisotopic (exact) mass is 373 g/mol. The third kappa shape index (κ3) is 4.55. The van der Waals surface area contributed by atoms with Crippen LogP contribution in [-0.2, 0) is 18.7 Å². The third-order valence-corrected chi connectivity index (χ3v) is 5.16. The minimum atomic E-state index is 0.753. The molecule has 1 heterocycles. The van der Waals surface area contributed by atoms with E-state index in [1.807, 2.05) is 30.3 Å². The first-order valence-electron chi connectivity index (χ1n) is 8.12. The molecule has 0 amide bonds. The van der Waals surface area contributed by atoms with Gasteiger partial charge in [-0.15, -0.1) is 10.2 Å². The summed E-state index contributed by atoms with van der Waals surface area (Å²) in [5, 5.41) is 10.5. The number of methoxy groups -OCH3 is 1. The molecule has 0 saturated carbocycles. The van der Waals surface area contributed by atoms with Crippen molar-refractivity contribution in [1.29, 1.82) is 0 Å². The maximum absolute atomic E-state index is 6.05. The summed E-state index contributed by atoms with van der Waals surface area (Å²) < 4.78 is 7.37. The molecule has 2 aromatic carbocycles. The van der Waals surface area contributed by atoms with E-state index in [0.29, 0.717) is 0 Å². The van der Waals surface area contributed by atoms with Crippen LogP contribution < -0.4 is 4.74 Å². The molecule has 0 unspecified atom stereocenters. The highest BCUT2D eigenvalue weighted by Crippen LogP contribution is 2.24. The largest absolute Gasteiger partial charge is 0.497 e. The molecule has 0 aliphatic heterocycles. The minimum absolute atomic E-state index is 0.753. The van der Waals surface area contributed by atoms with Crippen molar-refractivity contribution in [3.63, 3.8) is 0 Å². The second-order valence-electron chi connectivity index (χ2n) is 5.59. The number of aromatic nitrogens is 3. The van der Waals surface area contributed by atoms with Crippen LogP contribution in [-0.4, -0.2) is 21.9 Å². The van der Waals surface area contributed by atoms with Crippen LogP contribution in [0.3, 0.4) is 0 Å². The minimum Gasteiger partial charge on any atom is -0.497 e. The molecule has 0 atom stereocenters. The molecule has 0 aliphatic rings. The molecule has 0 aliphatic carbocycles. The Bertz CT molecular complexity index is 833. The summed E-state index contributed by atoms with van der Waals surface area (Å²) in [5.74, 6) is 2.65. The van der Waals surface area contributed by atoms with E-state index >= 15 is 0 Å². The molecule has 130 valence electrons. The second-order valence-corrected chi connectivity index (χ2v) is 6.97. The van der Waals surface area contributed by atoms with Crippen molar-refractivity contribution in [3.8, 4) is 5.75 Å². The lowest BCUT2D eigenvalue weighted by atomic mass is 10.1. The first-order chi connectivity index (χ1) is 12.2. The summed E-state index contributed by atoms with van der Waals surface area (Å²) in [6.45, 7) is 2.96. The van der Waals surface area contributed by atoms with Crippen LogP contribution in [0, 0.1) is 0 Å². The SMILES string of the molecule is CCn1c(Cc2ccc(OC)cc2)nnc1SCc1cccc(Cl)c1. The van der Waals surface area contributed by atoms with Crippen molar-refractivity contribution in [2.75, 3.05) is 7.11 Å². The summed E-state index contributed by atoms with van der Waals surface area (Å²) in [6, 6.07) is 16.0. The average Bonchev–Trinajstić information content (AvgIpc) is 3.02.